The summed E-state index contributed by atoms with van der Waals surface area (Å²) in [4.78, 5) is 0. The Morgan fingerprint density at radius 2 is 1.94 bits per heavy atom. The molecule has 1 unspecified atom stereocenters. The van der Waals surface area contributed by atoms with Gasteiger partial charge in [0, 0.05) is 6.04 Å². The summed E-state index contributed by atoms with van der Waals surface area (Å²) >= 11 is 6.05. The number of para-hydroxylation sites is 1. The third kappa shape index (κ3) is 4.42. The van der Waals surface area contributed by atoms with Crippen molar-refractivity contribution in [2.24, 2.45) is 5.41 Å². The van der Waals surface area contributed by atoms with Gasteiger partial charge in [-0.3, -0.25) is 0 Å². The molecule has 0 fully saturated rings. The van der Waals surface area contributed by atoms with Gasteiger partial charge in [0.2, 0.25) is 0 Å². The van der Waals surface area contributed by atoms with Gasteiger partial charge in [-0.05, 0) is 24.0 Å². The van der Waals surface area contributed by atoms with Gasteiger partial charge >= 0.3 is 0 Å². The van der Waals surface area contributed by atoms with Gasteiger partial charge in [0.1, 0.15) is 0 Å². The zero-order chi connectivity index (χ0) is 12.2. The number of rotatable bonds is 4. The number of benzene rings is 1. The maximum absolute atomic E-state index is 9.34. The van der Waals surface area contributed by atoms with Crippen LogP contribution in [0.1, 0.15) is 27.2 Å². The number of halogens is 1. The molecule has 0 radical (unpaired) electrons. The first kappa shape index (κ1) is 13.3. The normalized spacial score (nSPS) is 13.6. The molecule has 16 heavy (non-hydrogen) atoms. The lowest BCUT2D eigenvalue weighted by atomic mass is 9.88. The lowest BCUT2D eigenvalue weighted by Gasteiger charge is -2.26. The number of aliphatic hydroxyl groups is 1. The summed E-state index contributed by atoms with van der Waals surface area (Å²) in [5.41, 5.74) is 1.06. The Morgan fingerprint density at radius 1 is 1.31 bits per heavy atom. The van der Waals surface area contributed by atoms with Gasteiger partial charge in [-0.15, -0.1) is 0 Å². The quantitative estimate of drug-likeness (QED) is 0.845. The van der Waals surface area contributed by atoms with E-state index < -0.39 is 0 Å². The molecule has 0 aliphatic carbocycles. The number of aliphatic hydroxyl groups excluding tert-OH is 1. The van der Waals surface area contributed by atoms with Crippen molar-refractivity contribution < 1.29 is 5.11 Å². The van der Waals surface area contributed by atoms with E-state index in [1.54, 1.807) is 0 Å². The molecule has 2 N–H and O–H groups in total. The van der Waals surface area contributed by atoms with Crippen LogP contribution in [0.3, 0.4) is 0 Å². The highest BCUT2D eigenvalue weighted by molar-refractivity contribution is 6.33. The molecule has 0 aliphatic heterocycles. The molecule has 0 saturated heterocycles. The fourth-order valence-electron chi connectivity index (χ4n) is 1.70. The molecule has 1 atom stereocenters. The zero-order valence-corrected chi connectivity index (χ0v) is 10.9. The number of anilines is 1. The van der Waals surface area contributed by atoms with Gasteiger partial charge in [-0.1, -0.05) is 44.5 Å². The van der Waals surface area contributed by atoms with E-state index in [4.69, 9.17) is 11.6 Å². The maximum atomic E-state index is 9.34. The fourth-order valence-corrected chi connectivity index (χ4v) is 1.89. The van der Waals surface area contributed by atoms with Gasteiger partial charge in [-0.25, -0.2) is 0 Å². The standard InChI is InChI=1S/C13H20ClNO/c1-13(2,3)8-10(9-16)15-12-7-5-4-6-11(12)14/h4-7,10,15-16H,8-9H2,1-3H3. The summed E-state index contributed by atoms with van der Waals surface area (Å²) in [6.07, 6.45) is 0.898. The third-order valence-electron chi connectivity index (χ3n) is 2.31. The van der Waals surface area contributed by atoms with Crippen LogP contribution in [0.5, 0.6) is 0 Å². The average Bonchev–Trinajstić information content (AvgIpc) is 2.18. The molecule has 0 saturated carbocycles. The molecule has 0 aliphatic rings. The predicted molar refractivity (Wildman–Crippen MR) is 70.0 cm³/mol. The van der Waals surface area contributed by atoms with Crippen LogP contribution in [0, 0.1) is 5.41 Å². The highest BCUT2D eigenvalue weighted by atomic mass is 35.5. The lowest BCUT2D eigenvalue weighted by Crippen LogP contribution is -2.29. The Balaban J connectivity index is 2.67. The molecule has 0 spiro atoms. The second-order valence-corrected chi connectivity index (χ2v) is 5.68. The van der Waals surface area contributed by atoms with Crippen molar-refractivity contribution in [3.05, 3.63) is 29.3 Å². The molecule has 2 nitrogen and oxygen atoms in total. The van der Waals surface area contributed by atoms with Crippen LogP contribution in [0.4, 0.5) is 5.69 Å². The molecule has 0 amide bonds. The Morgan fingerprint density at radius 3 is 2.44 bits per heavy atom. The van der Waals surface area contributed by atoms with E-state index in [0.29, 0.717) is 5.02 Å². The van der Waals surface area contributed by atoms with Crippen LogP contribution in [-0.2, 0) is 0 Å². The Bertz CT molecular complexity index is 333. The Labute approximate surface area is 103 Å². The zero-order valence-electron chi connectivity index (χ0n) is 10.1. The first-order chi connectivity index (χ1) is 7.42. The summed E-state index contributed by atoms with van der Waals surface area (Å²) in [6.45, 7) is 6.58. The first-order valence-electron chi connectivity index (χ1n) is 5.54. The summed E-state index contributed by atoms with van der Waals surface area (Å²) in [6, 6.07) is 7.63. The molecular weight excluding hydrogens is 222 g/mol. The van der Waals surface area contributed by atoms with E-state index >= 15 is 0 Å². The molecule has 0 heterocycles. The minimum absolute atomic E-state index is 0.0416. The fraction of sp³-hybridized carbons (Fsp3) is 0.538. The van der Waals surface area contributed by atoms with E-state index in [1.165, 1.54) is 0 Å². The van der Waals surface area contributed by atoms with Crippen LogP contribution in [0.2, 0.25) is 5.02 Å². The first-order valence-corrected chi connectivity index (χ1v) is 5.92. The molecule has 1 rings (SSSR count). The molecule has 3 heteroatoms. The molecule has 1 aromatic carbocycles. The van der Waals surface area contributed by atoms with Crippen molar-refractivity contribution >= 4 is 17.3 Å². The smallest absolute Gasteiger partial charge is 0.0637 e. The van der Waals surface area contributed by atoms with E-state index in [2.05, 4.69) is 26.1 Å². The summed E-state index contributed by atoms with van der Waals surface area (Å²) in [5.74, 6) is 0. The maximum Gasteiger partial charge on any atom is 0.0637 e. The van der Waals surface area contributed by atoms with Crippen LogP contribution < -0.4 is 5.32 Å². The number of nitrogens with one attached hydrogen (secondary N) is 1. The second kappa shape index (κ2) is 5.55. The molecule has 0 bridgehead atoms. The average molecular weight is 242 g/mol. The molecular formula is C13H20ClNO. The van der Waals surface area contributed by atoms with Gasteiger partial charge in [-0.2, -0.15) is 0 Å². The summed E-state index contributed by atoms with van der Waals surface area (Å²) in [7, 11) is 0. The van der Waals surface area contributed by atoms with Crippen molar-refractivity contribution in [2.75, 3.05) is 11.9 Å². The topological polar surface area (TPSA) is 32.3 Å². The van der Waals surface area contributed by atoms with Crippen molar-refractivity contribution in [1.82, 2.24) is 0 Å². The SMILES string of the molecule is CC(C)(C)CC(CO)Nc1ccccc1Cl. The van der Waals surface area contributed by atoms with Gasteiger partial charge in [0.05, 0.1) is 17.3 Å². The van der Waals surface area contributed by atoms with Crippen LogP contribution in [0.25, 0.3) is 0 Å². The molecule has 0 aromatic heterocycles. The van der Waals surface area contributed by atoms with E-state index in [0.717, 1.165) is 12.1 Å². The number of hydrogen-bond acceptors (Lipinski definition) is 2. The van der Waals surface area contributed by atoms with Crippen LogP contribution in [-0.4, -0.2) is 17.8 Å². The lowest BCUT2D eigenvalue weighted by molar-refractivity contribution is 0.234. The van der Waals surface area contributed by atoms with Crippen LogP contribution >= 0.6 is 11.6 Å². The van der Waals surface area contributed by atoms with Gasteiger partial charge < -0.3 is 10.4 Å². The highest BCUT2D eigenvalue weighted by Crippen LogP contribution is 2.26. The largest absolute Gasteiger partial charge is 0.394 e. The minimum atomic E-state index is 0.0416. The second-order valence-electron chi connectivity index (χ2n) is 5.27. The van der Waals surface area contributed by atoms with Gasteiger partial charge in [0.25, 0.3) is 0 Å². The Hall–Kier alpha value is -0.730. The van der Waals surface area contributed by atoms with Gasteiger partial charge in [0.15, 0.2) is 0 Å². The van der Waals surface area contributed by atoms with E-state index in [9.17, 15) is 5.11 Å². The van der Waals surface area contributed by atoms with Crippen LogP contribution in [0.15, 0.2) is 24.3 Å². The third-order valence-corrected chi connectivity index (χ3v) is 2.64. The minimum Gasteiger partial charge on any atom is -0.394 e. The summed E-state index contributed by atoms with van der Waals surface area (Å²) in [5, 5.41) is 13.3. The highest BCUT2D eigenvalue weighted by Gasteiger charge is 2.18. The van der Waals surface area contributed by atoms with Crippen molar-refractivity contribution in [1.29, 1.82) is 0 Å². The summed E-state index contributed by atoms with van der Waals surface area (Å²) < 4.78 is 0. The predicted octanol–water partition coefficient (Wildman–Crippen LogP) is 3.55. The monoisotopic (exact) mass is 241 g/mol. The van der Waals surface area contributed by atoms with Crippen molar-refractivity contribution in [3.8, 4) is 0 Å². The molecule has 90 valence electrons. The van der Waals surface area contributed by atoms with Crippen molar-refractivity contribution in [3.63, 3.8) is 0 Å². The molecule has 1 aromatic rings. The Kier molecular flexibility index (Phi) is 4.63. The van der Waals surface area contributed by atoms with E-state index in [-0.39, 0.29) is 18.1 Å². The number of hydrogen-bond donors (Lipinski definition) is 2. The van der Waals surface area contributed by atoms with E-state index in [1.807, 2.05) is 24.3 Å². The van der Waals surface area contributed by atoms with Crippen molar-refractivity contribution in [2.45, 2.75) is 33.2 Å².